The lowest BCUT2D eigenvalue weighted by Gasteiger charge is -2.14. The van der Waals surface area contributed by atoms with Gasteiger partial charge in [0.25, 0.3) is 0 Å². The highest BCUT2D eigenvalue weighted by Gasteiger charge is 2.29. The van der Waals surface area contributed by atoms with Crippen molar-refractivity contribution >= 4 is 0 Å². The molecule has 0 aliphatic carbocycles. The van der Waals surface area contributed by atoms with E-state index in [9.17, 15) is 13.2 Å². The minimum atomic E-state index is -4.47. The van der Waals surface area contributed by atoms with Gasteiger partial charge in [0.05, 0.1) is 6.61 Å². The van der Waals surface area contributed by atoms with E-state index in [0.717, 1.165) is 25.9 Å². The van der Waals surface area contributed by atoms with Crippen LogP contribution in [0.25, 0.3) is 0 Å². The largest absolute Gasteiger partial charge is 0.522 e. The highest BCUT2D eigenvalue weighted by molar-refractivity contribution is 4.65. The molecule has 0 aromatic rings. The zero-order valence-electron chi connectivity index (χ0n) is 6.73. The van der Waals surface area contributed by atoms with E-state index in [1.165, 1.54) is 0 Å². The Morgan fingerprint density at radius 2 is 1.75 bits per heavy atom. The molecule has 0 atom stereocenters. The van der Waals surface area contributed by atoms with E-state index in [1.807, 2.05) is 4.90 Å². The SMILES string of the molecule is FC(F)(F)OCCN1CCCC1. The van der Waals surface area contributed by atoms with Crippen LogP contribution in [-0.4, -0.2) is 37.5 Å². The number of ether oxygens (including phenoxy) is 1. The lowest BCUT2D eigenvalue weighted by molar-refractivity contribution is -0.324. The summed E-state index contributed by atoms with van der Waals surface area (Å²) in [6.45, 7) is 1.95. The molecular formula is C7H12F3NO. The Hall–Kier alpha value is -0.290. The molecule has 1 heterocycles. The molecule has 1 saturated heterocycles. The summed E-state index contributed by atoms with van der Waals surface area (Å²) in [5.41, 5.74) is 0. The summed E-state index contributed by atoms with van der Waals surface area (Å²) >= 11 is 0. The van der Waals surface area contributed by atoms with Crippen molar-refractivity contribution in [3.05, 3.63) is 0 Å². The van der Waals surface area contributed by atoms with Gasteiger partial charge in [-0.05, 0) is 25.9 Å². The molecule has 1 aliphatic heterocycles. The number of hydrogen-bond acceptors (Lipinski definition) is 2. The van der Waals surface area contributed by atoms with Gasteiger partial charge in [0.2, 0.25) is 0 Å². The molecule has 0 bridgehead atoms. The molecule has 0 unspecified atom stereocenters. The molecule has 0 saturated carbocycles. The van der Waals surface area contributed by atoms with Gasteiger partial charge in [0.1, 0.15) is 0 Å². The molecule has 0 aromatic heterocycles. The average Bonchev–Trinajstić information content (AvgIpc) is 2.36. The van der Waals surface area contributed by atoms with E-state index in [0.29, 0.717) is 6.54 Å². The van der Waals surface area contributed by atoms with Crippen molar-refractivity contribution in [2.24, 2.45) is 0 Å². The molecule has 5 heteroatoms. The van der Waals surface area contributed by atoms with Gasteiger partial charge in [-0.2, -0.15) is 0 Å². The summed E-state index contributed by atoms with van der Waals surface area (Å²) in [6, 6.07) is 0. The number of hydrogen-bond donors (Lipinski definition) is 0. The quantitative estimate of drug-likeness (QED) is 0.659. The summed E-state index contributed by atoms with van der Waals surface area (Å²) in [4.78, 5) is 1.98. The van der Waals surface area contributed by atoms with Gasteiger partial charge < -0.3 is 4.90 Å². The second-order valence-electron chi connectivity index (χ2n) is 2.84. The maximum Gasteiger partial charge on any atom is 0.522 e. The molecule has 0 radical (unpaired) electrons. The van der Waals surface area contributed by atoms with E-state index in [1.54, 1.807) is 0 Å². The fraction of sp³-hybridized carbons (Fsp3) is 1.00. The predicted octanol–water partition coefficient (Wildman–Crippen LogP) is 1.62. The van der Waals surface area contributed by atoms with Gasteiger partial charge >= 0.3 is 6.36 Å². The summed E-state index contributed by atoms with van der Waals surface area (Å²) in [7, 11) is 0. The Balaban J connectivity index is 2.02. The minimum absolute atomic E-state index is 0.247. The Morgan fingerprint density at radius 3 is 2.25 bits per heavy atom. The van der Waals surface area contributed by atoms with Gasteiger partial charge in [0.15, 0.2) is 0 Å². The van der Waals surface area contributed by atoms with Gasteiger partial charge in [-0.3, -0.25) is 4.74 Å². The van der Waals surface area contributed by atoms with Gasteiger partial charge in [-0.25, -0.2) is 0 Å². The normalized spacial score (nSPS) is 20.2. The van der Waals surface area contributed by atoms with Crippen LogP contribution >= 0.6 is 0 Å². The fourth-order valence-corrected chi connectivity index (χ4v) is 1.30. The summed E-state index contributed by atoms with van der Waals surface area (Å²) in [6.07, 6.45) is -2.29. The summed E-state index contributed by atoms with van der Waals surface area (Å²) < 4.78 is 38.1. The van der Waals surface area contributed by atoms with Crippen molar-refractivity contribution in [1.82, 2.24) is 4.90 Å². The van der Waals surface area contributed by atoms with Crippen molar-refractivity contribution in [1.29, 1.82) is 0 Å². The van der Waals surface area contributed by atoms with E-state index >= 15 is 0 Å². The van der Waals surface area contributed by atoms with Crippen LogP contribution in [0.3, 0.4) is 0 Å². The maximum absolute atomic E-state index is 11.5. The van der Waals surface area contributed by atoms with Crippen LogP contribution in [0.4, 0.5) is 13.2 Å². The van der Waals surface area contributed by atoms with Gasteiger partial charge in [0, 0.05) is 6.54 Å². The summed E-state index contributed by atoms with van der Waals surface area (Å²) in [5.74, 6) is 0. The highest BCUT2D eigenvalue weighted by atomic mass is 19.4. The van der Waals surface area contributed by atoms with Crippen LogP contribution in [0.5, 0.6) is 0 Å². The number of rotatable bonds is 3. The zero-order chi connectivity index (χ0) is 9.03. The van der Waals surface area contributed by atoms with Crippen LogP contribution in [-0.2, 0) is 4.74 Å². The minimum Gasteiger partial charge on any atom is -0.301 e. The summed E-state index contributed by atoms with van der Waals surface area (Å²) in [5, 5.41) is 0. The van der Waals surface area contributed by atoms with Crippen molar-refractivity contribution in [3.8, 4) is 0 Å². The smallest absolute Gasteiger partial charge is 0.301 e. The Morgan fingerprint density at radius 1 is 1.17 bits per heavy atom. The van der Waals surface area contributed by atoms with Crippen molar-refractivity contribution in [2.75, 3.05) is 26.2 Å². The topological polar surface area (TPSA) is 12.5 Å². The van der Waals surface area contributed by atoms with E-state index in [-0.39, 0.29) is 6.61 Å². The number of likely N-dealkylation sites (tertiary alicyclic amines) is 1. The Kier molecular flexibility index (Phi) is 3.34. The first-order valence-corrected chi connectivity index (χ1v) is 4.01. The number of alkyl halides is 3. The third-order valence-corrected chi connectivity index (χ3v) is 1.87. The average molecular weight is 183 g/mol. The standard InChI is InChI=1S/C7H12F3NO/c8-7(9,10)12-6-5-11-3-1-2-4-11/h1-6H2. The van der Waals surface area contributed by atoms with Crippen molar-refractivity contribution < 1.29 is 17.9 Å². The van der Waals surface area contributed by atoms with Gasteiger partial charge in [-0.15, -0.1) is 13.2 Å². The Bertz CT molecular complexity index is 131. The molecule has 72 valence electrons. The molecule has 0 N–H and O–H groups in total. The number of nitrogens with zero attached hydrogens (tertiary/aromatic N) is 1. The molecule has 0 spiro atoms. The third-order valence-electron chi connectivity index (χ3n) is 1.87. The van der Waals surface area contributed by atoms with E-state index < -0.39 is 6.36 Å². The number of halogens is 3. The second kappa shape index (κ2) is 4.09. The molecule has 0 aromatic carbocycles. The molecule has 1 aliphatic rings. The highest BCUT2D eigenvalue weighted by Crippen LogP contribution is 2.16. The van der Waals surface area contributed by atoms with Gasteiger partial charge in [-0.1, -0.05) is 0 Å². The van der Waals surface area contributed by atoms with Crippen LogP contribution in [0.2, 0.25) is 0 Å². The Labute approximate surface area is 69.3 Å². The molecule has 1 fully saturated rings. The first-order chi connectivity index (χ1) is 5.58. The molecule has 0 amide bonds. The van der Waals surface area contributed by atoms with Crippen LogP contribution in [0.1, 0.15) is 12.8 Å². The van der Waals surface area contributed by atoms with E-state index in [2.05, 4.69) is 4.74 Å². The third kappa shape index (κ3) is 3.92. The first kappa shape index (κ1) is 9.80. The first-order valence-electron chi connectivity index (χ1n) is 4.01. The van der Waals surface area contributed by atoms with Crippen LogP contribution in [0.15, 0.2) is 0 Å². The van der Waals surface area contributed by atoms with Crippen molar-refractivity contribution in [3.63, 3.8) is 0 Å². The molecule has 2 nitrogen and oxygen atoms in total. The monoisotopic (exact) mass is 183 g/mol. The lowest BCUT2D eigenvalue weighted by atomic mass is 10.4. The molecular weight excluding hydrogens is 171 g/mol. The molecule has 12 heavy (non-hydrogen) atoms. The fourth-order valence-electron chi connectivity index (χ4n) is 1.30. The molecule has 1 rings (SSSR count). The van der Waals surface area contributed by atoms with Crippen LogP contribution in [0, 0.1) is 0 Å². The van der Waals surface area contributed by atoms with Crippen LogP contribution < -0.4 is 0 Å². The second-order valence-corrected chi connectivity index (χ2v) is 2.84. The lowest BCUT2D eigenvalue weighted by Crippen LogP contribution is -2.27. The zero-order valence-corrected chi connectivity index (χ0v) is 6.73. The maximum atomic E-state index is 11.5. The predicted molar refractivity (Wildman–Crippen MR) is 37.7 cm³/mol. The van der Waals surface area contributed by atoms with Crippen molar-refractivity contribution in [2.45, 2.75) is 19.2 Å². The van der Waals surface area contributed by atoms with E-state index in [4.69, 9.17) is 0 Å².